The number of hydrogen-bond acceptors (Lipinski definition) is 3. The van der Waals surface area contributed by atoms with Gasteiger partial charge in [0.05, 0.1) is 7.11 Å². The SMILES string of the molecule is COc1ccc(C(c2ccc(OC(C)N3CCCCC3)cc2)c2cccc3ccccc23)cc1. The number of likely N-dealkylation sites (tertiary alicyclic amines) is 1. The summed E-state index contributed by atoms with van der Waals surface area (Å²) in [5, 5.41) is 2.54. The molecule has 0 spiro atoms. The molecule has 4 aromatic rings. The van der Waals surface area contributed by atoms with Gasteiger partial charge in [0.1, 0.15) is 17.7 Å². The zero-order valence-electron chi connectivity index (χ0n) is 20.1. The van der Waals surface area contributed by atoms with Crippen molar-refractivity contribution in [2.24, 2.45) is 0 Å². The van der Waals surface area contributed by atoms with Gasteiger partial charge < -0.3 is 9.47 Å². The minimum atomic E-state index is 0.0987. The number of rotatable bonds is 7. The van der Waals surface area contributed by atoms with Crippen molar-refractivity contribution in [1.29, 1.82) is 0 Å². The molecular formula is C31H33NO2. The summed E-state index contributed by atoms with van der Waals surface area (Å²) in [6.45, 7) is 4.41. The van der Waals surface area contributed by atoms with Crippen molar-refractivity contribution < 1.29 is 9.47 Å². The van der Waals surface area contributed by atoms with Gasteiger partial charge in [-0.1, -0.05) is 73.2 Å². The first-order chi connectivity index (χ1) is 16.7. The van der Waals surface area contributed by atoms with Gasteiger partial charge in [0.15, 0.2) is 0 Å². The summed E-state index contributed by atoms with van der Waals surface area (Å²) in [7, 11) is 1.71. The second-order valence-corrected chi connectivity index (χ2v) is 9.16. The van der Waals surface area contributed by atoms with Gasteiger partial charge in [-0.2, -0.15) is 0 Å². The molecule has 0 radical (unpaired) electrons. The highest BCUT2D eigenvalue weighted by Gasteiger charge is 2.21. The largest absolute Gasteiger partial charge is 0.497 e. The van der Waals surface area contributed by atoms with E-state index < -0.39 is 0 Å². The fourth-order valence-electron chi connectivity index (χ4n) is 5.14. The average molecular weight is 452 g/mol. The zero-order valence-corrected chi connectivity index (χ0v) is 20.1. The Morgan fingerprint density at radius 1 is 0.676 bits per heavy atom. The molecule has 1 aliphatic rings. The van der Waals surface area contributed by atoms with Crippen molar-refractivity contribution in [1.82, 2.24) is 4.90 Å². The van der Waals surface area contributed by atoms with Crippen molar-refractivity contribution in [2.45, 2.75) is 38.3 Å². The van der Waals surface area contributed by atoms with Crippen molar-refractivity contribution in [3.8, 4) is 11.5 Å². The Morgan fingerprint density at radius 2 is 1.29 bits per heavy atom. The normalized spacial score (nSPS) is 16.2. The third kappa shape index (κ3) is 4.80. The van der Waals surface area contributed by atoms with Gasteiger partial charge in [-0.3, -0.25) is 4.90 Å². The predicted octanol–water partition coefficient (Wildman–Crippen LogP) is 7.24. The van der Waals surface area contributed by atoms with E-state index in [2.05, 4.69) is 90.7 Å². The zero-order chi connectivity index (χ0) is 23.3. The van der Waals surface area contributed by atoms with Crippen LogP contribution in [0.4, 0.5) is 0 Å². The lowest BCUT2D eigenvalue weighted by Crippen LogP contribution is -2.40. The molecule has 0 bridgehead atoms. The van der Waals surface area contributed by atoms with E-state index in [9.17, 15) is 0 Å². The quantitative estimate of drug-likeness (QED) is 0.276. The van der Waals surface area contributed by atoms with Gasteiger partial charge in [0, 0.05) is 19.0 Å². The molecule has 1 saturated heterocycles. The van der Waals surface area contributed by atoms with Gasteiger partial charge in [-0.05, 0) is 71.5 Å². The standard InChI is InChI=1S/C31H33NO2/c1-23(32-21-6-3-7-22-32)34-28-19-15-26(16-20-28)31(25-13-17-27(33-2)18-14-25)30-12-8-10-24-9-4-5-11-29(24)30/h4-5,8-20,23,31H,3,6-7,21-22H2,1-2H3. The van der Waals surface area contributed by atoms with Gasteiger partial charge >= 0.3 is 0 Å². The van der Waals surface area contributed by atoms with Crippen LogP contribution >= 0.6 is 0 Å². The molecule has 174 valence electrons. The fraction of sp³-hybridized carbons (Fsp3) is 0.290. The van der Waals surface area contributed by atoms with E-state index in [1.54, 1.807) is 7.11 Å². The monoisotopic (exact) mass is 451 g/mol. The second kappa shape index (κ2) is 10.3. The molecule has 1 aliphatic heterocycles. The van der Waals surface area contributed by atoms with E-state index in [0.29, 0.717) is 0 Å². The maximum atomic E-state index is 6.31. The summed E-state index contributed by atoms with van der Waals surface area (Å²) in [6.07, 6.45) is 3.96. The van der Waals surface area contributed by atoms with Crippen molar-refractivity contribution in [3.05, 3.63) is 108 Å². The number of piperidine rings is 1. The van der Waals surface area contributed by atoms with E-state index in [0.717, 1.165) is 24.6 Å². The Morgan fingerprint density at radius 3 is 1.97 bits per heavy atom. The number of nitrogens with zero attached hydrogens (tertiary/aromatic N) is 1. The first-order valence-electron chi connectivity index (χ1n) is 12.4. The Labute approximate surface area is 202 Å². The molecular weight excluding hydrogens is 418 g/mol. The van der Waals surface area contributed by atoms with Gasteiger partial charge in [0.25, 0.3) is 0 Å². The minimum absolute atomic E-state index is 0.0987. The molecule has 3 heteroatoms. The Balaban J connectivity index is 1.48. The molecule has 34 heavy (non-hydrogen) atoms. The summed E-state index contributed by atoms with van der Waals surface area (Å²) in [6, 6.07) is 32.3. The third-order valence-electron chi connectivity index (χ3n) is 7.01. The third-order valence-corrected chi connectivity index (χ3v) is 7.01. The summed E-state index contributed by atoms with van der Waals surface area (Å²) in [5.41, 5.74) is 3.80. The first kappa shape index (κ1) is 22.5. The topological polar surface area (TPSA) is 21.7 Å². The number of methoxy groups -OCH3 is 1. The van der Waals surface area contributed by atoms with E-state index in [1.807, 2.05) is 12.1 Å². The van der Waals surface area contributed by atoms with Crippen molar-refractivity contribution in [3.63, 3.8) is 0 Å². The maximum absolute atomic E-state index is 6.31. The first-order valence-corrected chi connectivity index (χ1v) is 12.4. The van der Waals surface area contributed by atoms with E-state index >= 15 is 0 Å². The van der Waals surface area contributed by atoms with Crippen LogP contribution in [0.3, 0.4) is 0 Å². The summed E-state index contributed by atoms with van der Waals surface area (Å²) < 4.78 is 11.7. The van der Waals surface area contributed by atoms with Crippen LogP contribution in [-0.4, -0.2) is 31.3 Å². The molecule has 0 amide bonds. The van der Waals surface area contributed by atoms with Gasteiger partial charge in [-0.25, -0.2) is 0 Å². The highest BCUT2D eigenvalue weighted by atomic mass is 16.5. The van der Waals surface area contributed by atoms with E-state index in [-0.39, 0.29) is 12.1 Å². The van der Waals surface area contributed by atoms with Gasteiger partial charge in [-0.15, -0.1) is 0 Å². The lowest BCUT2D eigenvalue weighted by Gasteiger charge is -2.32. The summed E-state index contributed by atoms with van der Waals surface area (Å²) in [4.78, 5) is 2.44. The number of hydrogen-bond donors (Lipinski definition) is 0. The Hall–Kier alpha value is -3.30. The van der Waals surface area contributed by atoms with Gasteiger partial charge in [0.2, 0.25) is 0 Å². The van der Waals surface area contributed by atoms with Crippen LogP contribution in [0.2, 0.25) is 0 Å². The predicted molar refractivity (Wildman–Crippen MR) is 140 cm³/mol. The Bertz CT molecular complexity index is 1210. The van der Waals surface area contributed by atoms with Crippen LogP contribution in [0.1, 0.15) is 48.8 Å². The Kier molecular flexibility index (Phi) is 6.82. The van der Waals surface area contributed by atoms with E-state index in [1.165, 1.54) is 46.7 Å². The minimum Gasteiger partial charge on any atom is -0.497 e. The van der Waals surface area contributed by atoms with Crippen molar-refractivity contribution >= 4 is 10.8 Å². The lowest BCUT2D eigenvalue weighted by atomic mass is 9.83. The molecule has 1 fully saturated rings. The number of ether oxygens (including phenoxy) is 2. The van der Waals surface area contributed by atoms with Crippen LogP contribution < -0.4 is 9.47 Å². The average Bonchev–Trinajstić information content (AvgIpc) is 2.91. The molecule has 0 saturated carbocycles. The molecule has 1 heterocycles. The highest BCUT2D eigenvalue weighted by Crippen LogP contribution is 2.37. The van der Waals surface area contributed by atoms with E-state index in [4.69, 9.17) is 9.47 Å². The fourth-order valence-corrected chi connectivity index (χ4v) is 5.14. The number of fused-ring (bicyclic) bond motifs is 1. The molecule has 5 rings (SSSR count). The van der Waals surface area contributed by atoms with Crippen LogP contribution in [0.5, 0.6) is 11.5 Å². The smallest absolute Gasteiger partial charge is 0.149 e. The maximum Gasteiger partial charge on any atom is 0.149 e. The molecule has 0 aromatic heterocycles. The van der Waals surface area contributed by atoms with Crippen molar-refractivity contribution in [2.75, 3.05) is 20.2 Å². The molecule has 0 N–H and O–H groups in total. The molecule has 0 aliphatic carbocycles. The molecule has 4 aromatic carbocycles. The van der Waals surface area contributed by atoms with Crippen LogP contribution in [0, 0.1) is 0 Å². The summed E-state index contributed by atoms with van der Waals surface area (Å²) >= 11 is 0. The number of benzene rings is 4. The molecule has 2 unspecified atom stereocenters. The lowest BCUT2D eigenvalue weighted by molar-refractivity contribution is 0.0262. The van der Waals surface area contributed by atoms with Crippen LogP contribution in [0.15, 0.2) is 91.0 Å². The summed E-state index contributed by atoms with van der Waals surface area (Å²) in [5.74, 6) is 1.91. The molecule has 3 nitrogen and oxygen atoms in total. The highest BCUT2D eigenvalue weighted by molar-refractivity contribution is 5.87. The second-order valence-electron chi connectivity index (χ2n) is 9.16. The van der Waals surface area contributed by atoms with Crippen LogP contribution in [-0.2, 0) is 0 Å². The molecule has 2 atom stereocenters. The van der Waals surface area contributed by atoms with Crippen LogP contribution in [0.25, 0.3) is 10.8 Å².